The van der Waals surface area contributed by atoms with Crippen LogP contribution >= 0.6 is 0 Å². The van der Waals surface area contributed by atoms with Crippen LogP contribution in [0.3, 0.4) is 0 Å². The lowest BCUT2D eigenvalue weighted by atomic mass is 9.86. The molecule has 0 atom stereocenters. The standard InChI is InChI=1S/C23H24N4O2/c1-15(28)16-9-11-17(12-10-16)26-21-14-24-20(13-25-21)22(29)27-19-8-6-5-7-18(19)23(2,3)4/h5-14H,1-4H3,(H,25,26)(H,27,29). The molecule has 0 bridgehead atoms. The summed E-state index contributed by atoms with van der Waals surface area (Å²) in [7, 11) is 0. The third-order valence-corrected chi connectivity index (χ3v) is 4.43. The fourth-order valence-corrected chi connectivity index (χ4v) is 2.88. The molecule has 148 valence electrons. The van der Waals surface area contributed by atoms with Crippen LogP contribution in [0.1, 0.15) is 54.1 Å². The summed E-state index contributed by atoms with van der Waals surface area (Å²) in [5.41, 5.74) is 3.37. The van der Waals surface area contributed by atoms with Crippen molar-refractivity contribution in [1.82, 2.24) is 9.97 Å². The summed E-state index contributed by atoms with van der Waals surface area (Å²) in [6.07, 6.45) is 2.94. The van der Waals surface area contributed by atoms with Crippen LogP contribution in [0.15, 0.2) is 60.9 Å². The summed E-state index contributed by atoms with van der Waals surface area (Å²) in [4.78, 5) is 32.4. The van der Waals surface area contributed by atoms with Crippen molar-refractivity contribution in [3.63, 3.8) is 0 Å². The van der Waals surface area contributed by atoms with E-state index in [9.17, 15) is 9.59 Å². The van der Waals surface area contributed by atoms with Gasteiger partial charge in [-0.2, -0.15) is 0 Å². The number of amides is 1. The summed E-state index contributed by atoms with van der Waals surface area (Å²) in [6.45, 7) is 7.82. The Kier molecular flexibility index (Phi) is 5.73. The molecule has 0 fully saturated rings. The molecule has 0 aliphatic heterocycles. The zero-order valence-corrected chi connectivity index (χ0v) is 17.0. The number of anilines is 3. The fourth-order valence-electron chi connectivity index (χ4n) is 2.88. The molecule has 2 N–H and O–H groups in total. The van der Waals surface area contributed by atoms with Gasteiger partial charge in [-0.05, 0) is 48.2 Å². The van der Waals surface area contributed by atoms with Crippen LogP contribution in [-0.4, -0.2) is 21.7 Å². The minimum Gasteiger partial charge on any atom is -0.339 e. The molecule has 0 aliphatic carbocycles. The molecule has 0 saturated carbocycles. The highest BCUT2D eigenvalue weighted by Gasteiger charge is 2.19. The van der Waals surface area contributed by atoms with Crippen LogP contribution in [0.5, 0.6) is 0 Å². The lowest BCUT2D eigenvalue weighted by molar-refractivity contribution is 0.101. The quantitative estimate of drug-likeness (QED) is 0.603. The van der Waals surface area contributed by atoms with Gasteiger partial charge in [0.2, 0.25) is 0 Å². The molecule has 0 saturated heterocycles. The van der Waals surface area contributed by atoms with Gasteiger partial charge in [0.05, 0.1) is 12.4 Å². The van der Waals surface area contributed by atoms with Crippen LogP contribution in [0.2, 0.25) is 0 Å². The lowest BCUT2D eigenvalue weighted by Gasteiger charge is -2.22. The highest BCUT2D eigenvalue weighted by atomic mass is 16.2. The summed E-state index contributed by atoms with van der Waals surface area (Å²) in [6, 6.07) is 14.8. The Labute approximate surface area is 170 Å². The van der Waals surface area contributed by atoms with E-state index in [0.29, 0.717) is 11.4 Å². The summed E-state index contributed by atoms with van der Waals surface area (Å²) >= 11 is 0. The van der Waals surface area contributed by atoms with Gasteiger partial charge in [0, 0.05) is 16.9 Å². The number of nitrogens with zero attached hydrogens (tertiary/aromatic N) is 2. The molecule has 3 rings (SSSR count). The first-order chi connectivity index (χ1) is 13.7. The molecule has 1 heterocycles. The average Bonchev–Trinajstić information content (AvgIpc) is 2.68. The number of Topliss-reactive ketones (excluding diaryl/α,β-unsaturated/α-hetero) is 1. The lowest BCUT2D eigenvalue weighted by Crippen LogP contribution is -2.19. The smallest absolute Gasteiger partial charge is 0.275 e. The number of para-hydroxylation sites is 1. The van der Waals surface area contributed by atoms with Crippen molar-refractivity contribution in [3.05, 3.63) is 77.7 Å². The minimum atomic E-state index is -0.313. The first-order valence-corrected chi connectivity index (χ1v) is 9.35. The number of ketones is 1. The number of carbonyl (C=O) groups is 2. The van der Waals surface area contributed by atoms with Gasteiger partial charge >= 0.3 is 0 Å². The average molecular weight is 388 g/mol. The molecule has 6 heteroatoms. The number of benzene rings is 2. The molecular formula is C23H24N4O2. The first kappa shape index (κ1) is 20.2. The maximum Gasteiger partial charge on any atom is 0.275 e. The van der Waals surface area contributed by atoms with E-state index in [1.807, 2.05) is 24.3 Å². The van der Waals surface area contributed by atoms with Crippen LogP contribution in [0.4, 0.5) is 17.2 Å². The molecule has 0 radical (unpaired) electrons. The van der Waals surface area contributed by atoms with Gasteiger partial charge < -0.3 is 10.6 Å². The largest absolute Gasteiger partial charge is 0.339 e. The third-order valence-electron chi connectivity index (χ3n) is 4.43. The highest BCUT2D eigenvalue weighted by molar-refractivity contribution is 6.03. The van der Waals surface area contributed by atoms with Crippen molar-refractivity contribution in [2.75, 3.05) is 10.6 Å². The van der Waals surface area contributed by atoms with E-state index in [1.54, 1.807) is 24.3 Å². The highest BCUT2D eigenvalue weighted by Crippen LogP contribution is 2.29. The summed E-state index contributed by atoms with van der Waals surface area (Å²) in [5.74, 6) is 0.207. The zero-order chi connectivity index (χ0) is 21.0. The summed E-state index contributed by atoms with van der Waals surface area (Å²) in [5, 5.41) is 6.02. The Morgan fingerprint density at radius 1 is 0.897 bits per heavy atom. The van der Waals surface area contributed by atoms with Crippen LogP contribution in [0, 0.1) is 0 Å². The molecule has 2 aromatic carbocycles. The number of rotatable bonds is 5. The molecular weight excluding hydrogens is 364 g/mol. The van der Waals surface area contributed by atoms with Gasteiger partial charge in [0.25, 0.3) is 5.91 Å². The Bertz CT molecular complexity index is 1020. The number of hydrogen-bond acceptors (Lipinski definition) is 5. The normalized spacial score (nSPS) is 11.0. The Morgan fingerprint density at radius 3 is 2.17 bits per heavy atom. The molecule has 3 aromatic rings. The summed E-state index contributed by atoms with van der Waals surface area (Å²) < 4.78 is 0. The Hall–Kier alpha value is -3.54. The van der Waals surface area contributed by atoms with Crippen LogP contribution in [0.25, 0.3) is 0 Å². The van der Waals surface area contributed by atoms with Gasteiger partial charge in [-0.15, -0.1) is 0 Å². The number of aromatic nitrogens is 2. The van der Waals surface area contributed by atoms with E-state index in [4.69, 9.17) is 0 Å². The monoisotopic (exact) mass is 388 g/mol. The second-order valence-corrected chi connectivity index (χ2v) is 7.80. The minimum absolute atomic E-state index is 0.0136. The zero-order valence-electron chi connectivity index (χ0n) is 17.0. The van der Waals surface area contributed by atoms with Crippen molar-refractivity contribution in [2.24, 2.45) is 0 Å². The molecule has 1 amide bonds. The molecule has 1 aromatic heterocycles. The van der Waals surface area contributed by atoms with Crippen molar-refractivity contribution in [2.45, 2.75) is 33.1 Å². The predicted molar refractivity (Wildman–Crippen MR) is 115 cm³/mol. The van der Waals surface area contributed by atoms with Crippen molar-refractivity contribution in [1.29, 1.82) is 0 Å². The maximum absolute atomic E-state index is 12.6. The molecule has 0 unspecified atom stereocenters. The van der Waals surface area contributed by atoms with E-state index < -0.39 is 0 Å². The van der Waals surface area contributed by atoms with E-state index in [-0.39, 0.29) is 22.8 Å². The maximum atomic E-state index is 12.6. The van der Waals surface area contributed by atoms with E-state index >= 15 is 0 Å². The molecule has 29 heavy (non-hydrogen) atoms. The Morgan fingerprint density at radius 2 is 1.59 bits per heavy atom. The van der Waals surface area contributed by atoms with E-state index in [0.717, 1.165) is 16.9 Å². The van der Waals surface area contributed by atoms with Gasteiger partial charge in [-0.3, -0.25) is 9.59 Å². The SMILES string of the molecule is CC(=O)c1ccc(Nc2cnc(C(=O)Nc3ccccc3C(C)(C)C)cn2)cc1. The topological polar surface area (TPSA) is 84.0 Å². The predicted octanol–water partition coefficient (Wildman–Crippen LogP) is 4.97. The molecule has 0 aliphatic rings. The van der Waals surface area contributed by atoms with E-state index in [1.165, 1.54) is 19.3 Å². The first-order valence-electron chi connectivity index (χ1n) is 9.35. The van der Waals surface area contributed by atoms with Crippen LogP contribution < -0.4 is 10.6 Å². The van der Waals surface area contributed by atoms with Gasteiger partial charge in [-0.1, -0.05) is 39.0 Å². The van der Waals surface area contributed by atoms with Crippen LogP contribution in [-0.2, 0) is 5.41 Å². The number of nitrogens with one attached hydrogen (secondary N) is 2. The second kappa shape index (κ2) is 8.22. The van der Waals surface area contributed by atoms with E-state index in [2.05, 4.69) is 41.4 Å². The third kappa shape index (κ3) is 5.04. The van der Waals surface area contributed by atoms with Gasteiger partial charge in [0.1, 0.15) is 11.5 Å². The van der Waals surface area contributed by atoms with Gasteiger partial charge in [0.15, 0.2) is 5.78 Å². The molecule has 6 nitrogen and oxygen atoms in total. The van der Waals surface area contributed by atoms with Gasteiger partial charge in [-0.25, -0.2) is 9.97 Å². The number of carbonyl (C=O) groups excluding carboxylic acids is 2. The van der Waals surface area contributed by atoms with Crippen molar-refractivity contribution >= 4 is 28.9 Å². The second-order valence-electron chi connectivity index (χ2n) is 7.80. The van der Waals surface area contributed by atoms with Crippen molar-refractivity contribution in [3.8, 4) is 0 Å². The fraction of sp³-hybridized carbons (Fsp3) is 0.217. The Balaban J connectivity index is 1.70. The number of hydrogen-bond donors (Lipinski definition) is 2. The molecule has 0 spiro atoms. The van der Waals surface area contributed by atoms with Crippen molar-refractivity contribution < 1.29 is 9.59 Å².